The average Bonchev–Trinajstić information content (AvgIpc) is 2.08. The Hall–Kier alpha value is -0.930. The van der Waals surface area contributed by atoms with Crippen LogP contribution in [0, 0.1) is 12.7 Å². The van der Waals surface area contributed by atoms with Gasteiger partial charge in [-0.05, 0) is 36.6 Å². The molecule has 0 aromatic heterocycles. The third-order valence-corrected chi connectivity index (χ3v) is 2.08. The Morgan fingerprint density at radius 1 is 1.54 bits per heavy atom. The fourth-order valence-corrected chi connectivity index (χ4v) is 1.32. The molecule has 0 aliphatic carbocycles. The van der Waals surface area contributed by atoms with Crippen LogP contribution in [0.1, 0.15) is 29.7 Å². The van der Waals surface area contributed by atoms with Crippen LogP contribution in [0.5, 0.6) is 0 Å². The van der Waals surface area contributed by atoms with Crippen molar-refractivity contribution in [2.75, 3.05) is 0 Å². The maximum Gasteiger partial charge on any atom is 0.126 e. The van der Waals surface area contributed by atoms with Crippen molar-refractivity contribution in [3.05, 3.63) is 34.6 Å². The maximum absolute atomic E-state index is 13.1. The summed E-state index contributed by atoms with van der Waals surface area (Å²) in [5.41, 5.74) is 7.54. The number of benzene rings is 1. The summed E-state index contributed by atoms with van der Waals surface area (Å²) in [6, 6.07) is 2.77. The fraction of sp³-hybridized carbons (Fsp3) is 0.400. The summed E-state index contributed by atoms with van der Waals surface area (Å²) in [6.45, 7) is 3.33. The van der Waals surface area contributed by atoms with Crippen LogP contribution in [0.3, 0.4) is 0 Å². The summed E-state index contributed by atoms with van der Waals surface area (Å²) < 4.78 is 13.1. The molecule has 0 saturated heterocycles. The lowest BCUT2D eigenvalue weighted by Crippen LogP contribution is -2.09. The molecule has 3 N–H and O–H groups in total. The summed E-state index contributed by atoms with van der Waals surface area (Å²) in [5.74, 6) is -0.274. The van der Waals surface area contributed by atoms with Gasteiger partial charge in [0.15, 0.2) is 0 Å². The topological polar surface area (TPSA) is 46.2 Å². The van der Waals surface area contributed by atoms with Gasteiger partial charge in [-0.15, -0.1) is 0 Å². The number of aliphatic hydroxyl groups is 1. The smallest absolute Gasteiger partial charge is 0.126 e. The quantitative estimate of drug-likeness (QED) is 0.732. The highest BCUT2D eigenvalue weighted by atomic mass is 19.1. The van der Waals surface area contributed by atoms with E-state index in [4.69, 9.17) is 10.8 Å². The van der Waals surface area contributed by atoms with Crippen molar-refractivity contribution in [3.63, 3.8) is 0 Å². The van der Waals surface area contributed by atoms with Gasteiger partial charge in [0.1, 0.15) is 5.82 Å². The van der Waals surface area contributed by atoms with Crippen molar-refractivity contribution in [3.8, 4) is 0 Å². The van der Waals surface area contributed by atoms with Gasteiger partial charge >= 0.3 is 0 Å². The first-order valence-corrected chi connectivity index (χ1v) is 4.21. The maximum atomic E-state index is 13.1. The van der Waals surface area contributed by atoms with E-state index >= 15 is 0 Å². The van der Waals surface area contributed by atoms with Gasteiger partial charge in [-0.2, -0.15) is 0 Å². The number of rotatable bonds is 2. The Morgan fingerprint density at radius 3 is 2.62 bits per heavy atom. The molecule has 2 nitrogen and oxygen atoms in total. The van der Waals surface area contributed by atoms with Gasteiger partial charge in [-0.3, -0.25) is 0 Å². The lowest BCUT2D eigenvalue weighted by Gasteiger charge is -2.12. The molecule has 13 heavy (non-hydrogen) atoms. The van der Waals surface area contributed by atoms with Gasteiger partial charge < -0.3 is 10.8 Å². The summed E-state index contributed by atoms with van der Waals surface area (Å²) in [5, 5.41) is 9.00. The highest BCUT2D eigenvalue weighted by Gasteiger charge is 2.09. The van der Waals surface area contributed by atoms with Crippen LogP contribution in [0.2, 0.25) is 0 Å². The third kappa shape index (κ3) is 2.05. The largest absolute Gasteiger partial charge is 0.392 e. The second-order valence-electron chi connectivity index (χ2n) is 3.25. The zero-order valence-corrected chi connectivity index (χ0v) is 7.84. The van der Waals surface area contributed by atoms with Crippen molar-refractivity contribution >= 4 is 0 Å². The summed E-state index contributed by atoms with van der Waals surface area (Å²) in [4.78, 5) is 0. The molecule has 1 rings (SSSR count). The van der Waals surface area contributed by atoms with Crippen molar-refractivity contribution in [1.82, 2.24) is 0 Å². The molecule has 3 heteroatoms. The Kier molecular flexibility index (Phi) is 3.01. The predicted octanol–water partition coefficient (Wildman–Crippen LogP) is 1.65. The van der Waals surface area contributed by atoms with E-state index in [-0.39, 0.29) is 18.5 Å². The molecule has 0 bridgehead atoms. The van der Waals surface area contributed by atoms with Gasteiger partial charge in [0.2, 0.25) is 0 Å². The fourth-order valence-electron chi connectivity index (χ4n) is 1.32. The van der Waals surface area contributed by atoms with Crippen molar-refractivity contribution in [2.24, 2.45) is 5.73 Å². The Bertz CT molecular complexity index is 310. The summed E-state index contributed by atoms with van der Waals surface area (Å²) in [6.07, 6.45) is 0. The first-order valence-electron chi connectivity index (χ1n) is 4.21. The second-order valence-corrected chi connectivity index (χ2v) is 3.25. The van der Waals surface area contributed by atoms with Gasteiger partial charge in [0.05, 0.1) is 6.61 Å². The minimum atomic E-state index is -0.274. The van der Waals surface area contributed by atoms with Crippen molar-refractivity contribution in [1.29, 1.82) is 0 Å². The minimum absolute atomic E-state index is 0.0992. The molecule has 0 radical (unpaired) electrons. The van der Waals surface area contributed by atoms with Gasteiger partial charge in [0.25, 0.3) is 0 Å². The molecular formula is C10H14FNO. The molecule has 1 aromatic carbocycles. The van der Waals surface area contributed by atoms with Crippen LogP contribution < -0.4 is 5.73 Å². The molecule has 0 saturated carbocycles. The molecule has 72 valence electrons. The van der Waals surface area contributed by atoms with E-state index in [1.165, 1.54) is 6.07 Å². The first-order chi connectivity index (χ1) is 6.06. The number of aryl methyl sites for hydroxylation is 1. The summed E-state index contributed by atoms with van der Waals surface area (Å²) in [7, 11) is 0. The second kappa shape index (κ2) is 3.85. The van der Waals surface area contributed by atoms with Gasteiger partial charge in [-0.1, -0.05) is 6.07 Å². The molecule has 0 aliphatic rings. The normalized spacial score (nSPS) is 13.0. The van der Waals surface area contributed by atoms with Crippen molar-refractivity contribution in [2.45, 2.75) is 26.5 Å². The van der Waals surface area contributed by atoms with E-state index < -0.39 is 0 Å². The molecule has 1 atom stereocenters. The molecule has 0 heterocycles. The molecule has 0 spiro atoms. The molecular weight excluding hydrogens is 169 g/mol. The van der Waals surface area contributed by atoms with E-state index in [0.29, 0.717) is 16.7 Å². The van der Waals surface area contributed by atoms with Gasteiger partial charge in [-0.25, -0.2) is 4.39 Å². The molecule has 0 amide bonds. The predicted molar refractivity (Wildman–Crippen MR) is 49.7 cm³/mol. The summed E-state index contributed by atoms with van der Waals surface area (Å²) >= 11 is 0. The molecule has 0 fully saturated rings. The molecule has 1 aromatic rings. The highest BCUT2D eigenvalue weighted by Crippen LogP contribution is 2.20. The van der Waals surface area contributed by atoms with E-state index in [9.17, 15) is 4.39 Å². The van der Waals surface area contributed by atoms with Crippen molar-refractivity contribution < 1.29 is 9.50 Å². The van der Waals surface area contributed by atoms with E-state index in [2.05, 4.69) is 0 Å². The molecule has 0 aliphatic heterocycles. The van der Waals surface area contributed by atoms with Crippen LogP contribution in [0.4, 0.5) is 4.39 Å². The Labute approximate surface area is 77.2 Å². The standard InChI is InChI=1S/C10H14FNO/c1-6-3-8(5-13)9(7(2)12)4-10(6)11/h3-4,7,13H,5,12H2,1-2H3/t7-/m1/s1. The monoisotopic (exact) mass is 183 g/mol. The molecule has 0 unspecified atom stereocenters. The lowest BCUT2D eigenvalue weighted by atomic mass is 10.00. The average molecular weight is 183 g/mol. The van der Waals surface area contributed by atoms with E-state index in [0.717, 1.165) is 0 Å². The highest BCUT2D eigenvalue weighted by molar-refractivity contribution is 5.34. The zero-order valence-electron chi connectivity index (χ0n) is 7.84. The van der Waals surface area contributed by atoms with Crippen LogP contribution in [-0.2, 0) is 6.61 Å². The van der Waals surface area contributed by atoms with E-state index in [1.807, 2.05) is 0 Å². The van der Waals surface area contributed by atoms with Gasteiger partial charge in [0, 0.05) is 6.04 Å². The van der Waals surface area contributed by atoms with E-state index in [1.54, 1.807) is 19.9 Å². The van der Waals surface area contributed by atoms with Crippen LogP contribution >= 0.6 is 0 Å². The minimum Gasteiger partial charge on any atom is -0.392 e. The van der Waals surface area contributed by atoms with Crippen LogP contribution in [-0.4, -0.2) is 5.11 Å². The zero-order chi connectivity index (χ0) is 10.0. The third-order valence-electron chi connectivity index (χ3n) is 2.08. The Balaban J connectivity index is 3.25. The first kappa shape index (κ1) is 10.2. The number of aliphatic hydroxyl groups excluding tert-OH is 1. The number of hydrogen-bond acceptors (Lipinski definition) is 2. The van der Waals surface area contributed by atoms with Crippen LogP contribution in [0.15, 0.2) is 12.1 Å². The van der Waals surface area contributed by atoms with Crippen LogP contribution in [0.25, 0.3) is 0 Å². The Morgan fingerprint density at radius 2 is 2.15 bits per heavy atom. The number of hydrogen-bond donors (Lipinski definition) is 2. The number of nitrogens with two attached hydrogens (primary N) is 1. The lowest BCUT2D eigenvalue weighted by molar-refractivity contribution is 0.279. The number of halogens is 1. The SMILES string of the molecule is Cc1cc(CO)c([C@@H](C)N)cc1F.